The fraction of sp³-hybridized carbons (Fsp3) is 0.500. The van der Waals surface area contributed by atoms with Gasteiger partial charge in [0.15, 0.2) is 0 Å². The van der Waals surface area contributed by atoms with E-state index >= 15 is 0 Å². The molecule has 0 radical (unpaired) electrons. The predicted molar refractivity (Wildman–Crippen MR) is 77.3 cm³/mol. The second-order valence-corrected chi connectivity index (χ2v) is 5.70. The van der Waals surface area contributed by atoms with E-state index in [2.05, 4.69) is 4.72 Å². The van der Waals surface area contributed by atoms with E-state index in [9.17, 15) is 8.42 Å². The standard InChI is InChI=1S/C12H21N3O3S/c1-3-9-15(12-7-5-4-6-11(12)13)19(16,17)14-8-10-18-2/h4-7,14H,3,8-10,13H2,1-2H3. The second kappa shape index (κ2) is 7.32. The van der Waals surface area contributed by atoms with Crippen LogP contribution in [0.15, 0.2) is 24.3 Å². The Balaban J connectivity index is 2.97. The number of methoxy groups -OCH3 is 1. The van der Waals surface area contributed by atoms with Gasteiger partial charge in [0.1, 0.15) is 0 Å². The number of anilines is 2. The van der Waals surface area contributed by atoms with Crippen molar-refractivity contribution in [2.75, 3.05) is 36.8 Å². The second-order valence-electron chi connectivity index (χ2n) is 4.02. The van der Waals surface area contributed by atoms with E-state index < -0.39 is 10.2 Å². The van der Waals surface area contributed by atoms with Crippen LogP contribution in [0.4, 0.5) is 11.4 Å². The van der Waals surface area contributed by atoms with Crippen LogP contribution in [0.1, 0.15) is 13.3 Å². The van der Waals surface area contributed by atoms with Crippen LogP contribution in [-0.4, -0.2) is 35.2 Å². The SMILES string of the molecule is CCCN(c1ccccc1N)S(=O)(=O)NCCOC. The zero-order valence-electron chi connectivity index (χ0n) is 11.3. The number of benzene rings is 1. The summed E-state index contributed by atoms with van der Waals surface area (Å²) in [6.45, 7) is 2.84. The number of hydrogen-bond donors (Lipinski definition) is 2. The zero-order chi connectivity index (χ0) is 14.3. The van der Waals surface area contributed by atoms with Crippen LogP contribution < -0.4 is 14.8 Å². The van der Waals surface area contributed by atoms with Gasteiger partial charge < -0.3 is 10.5 Å². The van der Waals surface area contributed by atoms with E-state index in [4.69, 9.17) is 10.5 Å². The Kier molecular flexibility index (Phi) is 6.07. The number of rotatable bonds is 8. The third-order valence-electron chi connectivity index (χ3n) is 2.51. The molecule has 0 amide bonds. The Labute approximate surface area is 114 Å². The molecule has 0 unspecified atom stereocenters. The third-order valence-corrected chi connectivity index (χ3v) is 4.04. The van der Waals surface area contributed by atoms with Crippen molar-refractivity contribution in [1.82, 2.24) is 4.72 Å². The van der Waals surface area contributed by atoms with Crippen LogP contribution >= 0.6 is 0 Å². The molecule has 108 valence electrons. The van der Waals surface area contributed by atoms with Gasteiger partial charge >= 0.3 is 10.2 Å². The molecule has 1 rings (SSSR count). The Morgan fingerprint density at radius 1 is 1.37 bits per heavy atom. The first kappa shape index (κ1) is 15.7. The van der Waals surface area contributed by atoms with Crippen LogP contribution in [0.5, 0.6) is 0 Å². The number of hydrogen-bond acceptors (Lipinski definition) is 4. The van der Waals surface area contributed by atoms with Crippen LogP contribution in [0, 0.1) is 0 Å². The molecule has 0 aliphatic carbocycles. The van der Waals surface area contributed by atoms with Gasteiger partial charge in [0.2, 0.25) is 0 Å². The third kappa shape index (κ3) is 4.38. The van der Waals surface area contributed by atoms with Gasteiger partial charge in [0.05, 0.1) is 18.0 Å². The molecule has 0 atom stereocenters. The van der Waals surface area contributed by atoms with E-state index in [1.165, 1.54) is 11.4 Å². The molecule has 0 heterocycles. The lowest BCUT2D eigenvalue weighted by molar-refractivity contribution is 0.204. The van der Waals surface area contributed by atoms with Crippen molar-refractivity contribution in [3.63, 3.8) is 0 Å². The fourth-order valence-electron chi connectivity index (χ4n) is 1.64. The first-order valence-corrected chi connectivity index (χ1v) is 7.57. The Bertz CT molecular complexity index is 491. The molecule has 0 aliphatic rings. The zero-order valence-corrected chi connectivity index (χ0v) is 12.1. The normalized spacial score (nSPS) is 11.5. The highest BCUT2D eigenvalue weighted by Crippen LogP contribution is 2.24. The lowest BCUT2D eigenvalue weighted by Gasteiger charge is -2.25. The monoisotopic (exact) mass is 287 g/mol. The minimum atomic E-state index is -3.61. The lowest BCUT2D eigenvalue weighted by Crippen LogP contribution is -2.42. The van der Waals surface area contributed by atoms with Crippen LogP contribution in [0.2, 0.25) is 0 Å². The molecule has 1 aromatic rings. The van der Waals surface area contributed by atoms with Crippen molar-refractivity contribution in [2.45, 2.75) is 13.3 Å². The number of nitrogens with two attached hydrogens (primary N) is 1. The highest BCUT2D eigenvalue weighted by Gasteiger charge is 2.22. The number of nitrogens with one attached hydrogen (secondary N) is 1. The van der Waals surface area contributed by atoms with Crippen molar-refractivity contribution < 1.29 is 13.2 Å². The van der Waals surface area contributed by atoms with Crippen molar-refractivity contribution >= 4 is 21.6 Å². The van der Waals surface area contributed by atoms with Gasteiger partial charge in [-0.3, -0.25) is 4.31 Å². The number of para-hydroxylation sites is 2. The first-order chi connectivity index (χ1) is 9.03. The van der Waals surface area contributed by atoms with Crippen molar-refractivity contribution in [3.8, 4) is 0 Å². The molecule has 0 bridgehead atoms. The molecule has 6 nitrogen and oxygen atoms in total. The lowest BCUT2D eigenvalue weighted by atomic mass is 10.2. The molecule has 0 aliphatic heterocycles. The summed E-state index contributed by atoms with van der Waals surface area (Å²) < 4.78 is 33.1. The maximum absolute atomic E-state index is 12.3. The molecule has 1 aromatic carbocycles. The average Bonchev–Trinajstić information content (AvgIpc) is 2.37. The smallest absolute Gasteiger partial charge is 0.301 e. The van der Waals surface area contributed by atoms with Crippen LogP contribution in [0.25, 0.3) is 0 Å². The number of nitrogen functional groups attached to an aromatic ring is 1. The molecule has 0 saturated carbocycles. The average molecular weight is 287 g/mol. The maximum Gasteiger partial charge on any atom is 0.301 e. The molecular formula is C12H21N3O3S. The van der Waals surface area contributed by atoms with Gasteiger partial charge in [0.25, 0.3) is 0 Å². The Morgan fingerprint density at radius 2 is 2.05 bits per heavy atom. The highest BCUT2D eigenvalue weighted by molar-refractivity contribution is 7.90. The van der Waals surface area contributed by atoms with Gasteiger partial charge in [-0.2, -0.15) is 13.1 Å². The molecule has 0 aromatic heterocycles. The van der Waals surface area contributed by atoms with Gasteiger partial charge in [0, 0.05) is 20.2 Å². The quantitative estimate of drug-likeness (QED) is 0.551. The van der Waals surface area contributed by atoms with E-state index in [1.54, 1.807) is 24.3 Å². The summed E-state index contributed by atoms with van der Waals surface area (Å²) in [4.78, 5) is 0. The highest BCUT2D eigenvalue weighted by atomic mass is 32.2. The van der Waals surface area contributed by atoms with Crippen molar-refractivity contribution in [2.24, 2.45) is 0 Å². The molecule has 0 fully saturated rings. The van der Waals surface area contributed by atoms with E-state index in [-0.39, 0.29) is 6.54 Å². The number of nitrogens with zero attached hydrogens (tertiary/aromatic N) is 1. The Hall–Kier alpha value is -1.31. The maximum atomic E-state index is 12.3. The summed E-state index contributed by atoms with van der Waals surface area (Å²) in [5.74, 6) is 0. The van der Waals surface area contributed by atoms with Crippen LogP contribution in [-0.2, 0) is 14.9 Å². The summed E-state index contributed by atoms with van der Waals surface area (Å²) >= 11 is 0. The summed E-state index contributed by atoms with van der Waals surface area (Å²) in [7, 11) is -2.09. The Morgan fingerprint density at radius 3 is 2.63 bits per heavy atom. The largest absolute Gasteiger partial charge is 0.397 e. The molecule has 3 N–H and O–H groups in total. The summed E-state index contributed by atoms with van der Waals surface area (Å²) in [6.07, 6.45) is 0.694. The topological polar surface area (TPSA) is 84.7 Å². The minimum Gasteiger partial charge on any atom is -0.397 e. The fourth-order valence-corrected chi connectivity index (χ4v) is 2.98. The summed E-state index contributed by atoms with van der Waals surface area (Å²) in [5, 5.41) is 0. The van der Waals surface area contributed by atoms with Gasteiger partial charge in [-0.15, -0.1) is 0 Å². The van der Waals surface area contributed by atoms with Gasteiger partial charge in [-0.25, -0.2) is 0 Å². The van der Waals surface area contributed by atoms with E-state index in [1.807, 2.05) is 6.92 Å². The van der Waals surface area contributed by atoms with Crippen molar-refractivity contribution in [1.29, 1.82) is 0 Å². The molecule has 0 spiro atoms. The summed E-state index contributed by atoms with van der Waals surface area (Å²) in [6, 6.07) is 6.91. The van der Waals surface area contributed by atoms with Crippen molar-refractivity contribution in [3.05, 3.63) is 24.3 Å². The predicted octanol–water partition coefficient (Wildman–Crippen LogP) is 0.966. The van der Waals surface area contributed by atoms with Gasteiger partial charge in [-0.1, -0.05) is 19.1 Å². The first-order valence-electron chi connectivity index (χ1n) is 6.13. The van der Waals surface area contributed by atoms with E-state index in [0.717, 1.165) is 0 Å². The molecule has 0 saturated heterocycles. The minimum absolute atomic E-state index is 0.228. The molecule has 19 heavy (non-hydrogen) atoms. The molecule has 7 heteroatoms. The van der Waals surface area contributed by atoms with E-state index in [0.29, 0.717) is 30.9 Å². The number of ether oxygens (including phenoxy) is 1. The van der Waals surface area contributed by atoms with Crippen LogP contribution in [0.3, 0.4) is 0 Å². The summed E-state index contributed by atoms with van der Waals surface area (Å²) in [5.41, 5.74) is 6.78. The van der Waals surface area contributed by atoms with Gasteiger partial charge in [-0.05, 0) is 18.6 Å². The molecular weight excluding hydrogens is 266 g/mol.